The lowest BCUT2D eigenvalue weighted by Crippen LogP contribution is -2.47. The van der Waals surface area contributed by atoms with Gasteiger partial charge in [-0.25, -0.2) is 9.18 Å². The molecule has 3 nitrogen and oxygen atoms in total. The van der Waals surface area contributed by atoms with Crippen LogP contribution >= 0.6 is 0 Å². The van der Waals surface area contributed by atoms with Gasteiger partial charge in [0.15, 0.2) is 5.78 Å². The number of carbonyl (C=O) groups is 2. The molecule has 1 rings (SSSR count). The summed E-state index contributed by atoms with van der Waals surface area (Å²) < 4.78 is 19.7. The summed E-state index contributed by atoms with van der Waals surface area (Å²) in [5, 5.41) is 0. The molecule has 0 N–H and O–H groups in total. The second-order valence-corrected chi connectivity index (χ2v) is 5.52. The highest BCUT2D eigenvalue weighted by molar-refractivity contribution is 6.06. The fourth-order valence-electron chi connectivity index (χ4n) is 1.58. The zero-order chi connectivity index (χ0) is 14.7. The van der Waals surface area contributed by atoms with Crippen molar-refractivity contribution < 1.29 is 18.7 Å². The smallest absolute Gasteiger partial charge is 0.352 e. The predicted octanol–water partition coefficient (Wildman–Crippen LogP) is 2.87. The number of ketones is 1. The molecular weight excluding hydrogens is 247 g/mol. The molecular formula is C15H19FO3. The molecule has 1 unspecified atom stereocenters. The van der Waals surface area contributed by atoms with Gasteiger partial charge in [0.2, 0.25) is 0 Å². The molecule has 0 saturated heterocycles. The second-order valence-electron chi connectivity index (χ2n) is 5.52. The van der Waals surface area contributed by atoms with E-state index >= 15 is 0 Å². The summed E-state index contributed by atoms with van der Waals surface area (Å²) >= 11 is 0. The third kappa shape index (κ3) is 4.16. The predicted molar refractivity (Wildman–Crippen MR) is 70.5 cm³/mol. The van der Waals surface area contributed by atoms with Crippen molar-refractivity contribution in [2.45, 2.75) is 45.4 Å². The Bertz CT molecular complexity index is 462. The molecule has 0 bridgehead atoms. The highest BCUT2D eigenvalue weighted by Gasteiger charge is 2.46. The Morgan fingerprint density at radius 1 is 1.16 bits per heavy atom. The van der Waals surface area contributed by atoms with E-state index in [9.17, 15) is 14.0 Å². The first-order chi connectivity index (χ1) is 8.65. The number of carbonyl (C=O) groups excluding carboxylic acids is 2. The van der Waals surface area contributed by atoms with Crippen molar-refractivity contribution in [2.24, 2.45) is 0 Å². The van der Waals surface area contributed by atoms with Crippen molar-refractivity contribution in [3.63, 3.8) is 0 Å². The number of benzene rings is 1. The summed E-state index contributed by atoms with van der Waals surface area (Å²) in [6.45, 7) is 5.96. The Morgan fingerprint density at radius 2 is 1.68 bits per heavy atom. The van der Waals surface area contributed by atoms with Gasteiger partial charge in [0.25, 0.3) is 5.67 Å². The van der Waals surface area contributed by atoms with Crippen LogP contribution in [-0.4, -0.2) is 23.0 Å². The molecule has 1 atom stereocenters. The summed E-state index contributed by atoms with van der Waals surface area (Å²) in [5.74, 6) is -1.97. The zero-order valence-electron chi connectivity index (χ0n) is 11.7. The molecule has 1 aromatic rings. The van der Waals surface area contributed by atoms with Crippen LogP contribution in [0.1, 0.15) is 33.3 Å². The molecule has 0 saturated carbocycles. The third-order valence-electron chi connectivity index (χ3n) is 2.57. The molecule has 0 heterocycles. The zero-order valence-corrected chi connectivity index (χ0v) is 11.7. The van der Waals surface area contributed by atoms with Crippen LogP contribution in [-0.2, 0) is 20.7 Å². The maximum absolute atomic E-state index is 14.7. The third-order valence-corrected chi connectivity index (χ3v) is 2.57. The van der Waals surface area contributed by atoms with Crippen LogP contribution in [0.5, 0.6) is 0 Å². The molecule has 104 valence electrons. The van der Waals surface area contributed by atoms with Crippen molar-refractivity contribution in [3.05, 3.63) is 35.9 Å². The number of hydrogen-bond acceptors (Lipinski definition) is 3. The number of rotatable bonds is 4. The monoisotopic (exact) mass is 266 g/mol. The minimum atomic E-state index is -2.63. The summed E-state index contributed by atoms with van der Waals surface area (Å²) in [6.07, 6.45) is -0.307. The van der Waals surface area contributed by atoms with Gasteiger partial charge in [0.05, 0.1) is 0 Å². The molecule has 0 fully saturated rings. The van der Waals surface area contributed by atoms with Gasteiger partial charge in [-0.1, -0.05) is 30.3 Å². The van der Waals surface area contributed by atoms with Crippen LogP contribution in [0.15, 0.2) is 30.3 Å². The average Bonchev–Trinajstić information content (AvgIpc) is 2.27. The van der Waals surface area contributed by atoms with Gasteiger partial charge in [-0.3, -0.25) is 4.79 Å². The number of Topliss-reactive ketones (excluding diaryl/α,β-unsaturated/α-hetero) is 1. The Labute approximate surface area is 112 Å². The summed E-state index contributed by atoms with van der Waals surface area (Å²) in [7, 11) is 0. The number of hydrogen-bond donors (Lipinski definition) is 0. The van der Waals surface area contributed by atoms with E-state index in [-0.39, 0.29) is 6.42 Å². The van der Waals surface area contributed by atoms with Crippen LogP contribution in [0.3, 0.4) is 0 Å². The maximum Gasteiger partial charge on any atom is 0.352 e. The highest BCUT2D eigenvalue weighted by atomic mass is 19.1. The second kappa shape index (κ2) is 5.51. The van der Waals surface area contributed by atoms with Gasteiger partial charge in [0, 0.05) is 6.42 Å². The van der Waals surface area contributed by atoms with Crippen LogP contribution < -0.4 is 0 Å². The van der Waals surface area contributed by atoms with Crippen molar-refractivity contribution in [1.29, 1.82) is 0 Å². The first-order valence-electron chi connectivity index (χ1n) is 6.12. The van der Waals surface area contributed by atoms with Gasteiger partial charge < -0.3 is 4.74 Å². The van der Waals surface area contributed by atoms with Gasteiger partial charge in [-0.05, 0) is 33.3 Å². The topological polar surface area (TPSA) is 43.4 Å². The van der Waals surface area contributed by atoms with Crippen molar-refractivity contribution in [1.82, 2.24) is 0 Å². The lowest BCUT2D eigenvalue weighted by Gasteiger charge is -2.26. The molecule has 0 aliphatic rings. The normalized spacial score (nSPS) is 14.6. The van der Waals surface area contributed by atoms with E-state index in [1.54, 1.807) is 51.1 Å². The molecule has 19 heavy (non-hydrogen) atoms. The number of halogens is 1. The highest BCUT2D eigenvalue weighted by Crippen LogP contribution is 2.24. The largest absolute Gasteiger partial charge is 0.457 e. The van der Waals surface area contributed by atoms with Crippen LogP contribution in [0.25, 0.3) is 0 Å². The number of alkyl halides is 1. The van der Waals surface area contributed by atoms with E-state index in [0.29, 0.717) is 5.56 Å². The van der Waals surface area contributed by atoms with E-state index in [1.807, 2.05) is 0 Å². The molecule has 0 spiro atoms. The lowest BCUT2D eigenvalue weighted by atomic mass is 9.92. The Morgan fingerprint density at radius 3 is 2.11 bits per heavy atom. The molecule has 0 amide bonds. The average molecular weight is 266 g/mol. The van der Waals surface area contributed by atoms with E-state index < -0.39 is 23.0 Å². The van der Waals surface area contributed by atoms with Gasteiger partial charge in [0.1, 0.15) is 5.60 Å². The fraction of sp³-hybridized carbons (Fsp3) is 0.467. The first kappa shape index (κ1) is 15.3. The molecule has 1 aromatic carbocycles. The molecule has 0 radical (unpaired) electrons. The Hall–Kier alpha value is -1.71. The quantitative estimate of drug-likeness (QED) is 0.621. The van der Waals surface area contributed by atoms with Crippen LogP contribution in [0, 0.1) is 0 Å². The van der Waals surface area contributed by atoms with Crippen LogP contribution in [0.4, 0.5) is 4.39 Å². The lowest BCUT2D eigenvalue weighted by molar-refractivity contribution is -0.172. The summed E-state index contributed by atoms with van der Waals surface area (Å²) in [6, 6.07) is 8.57. The van der Waals surface area contributed by atoms with Gasteiger partial charge in [-0.15, -0.1) is 0 Å². The SMILES string of the molecule is CC(=O)C(F)(Cc1ccccc1)C(=O)OC(C)(C)C. The van der Waals surface area contributed by atoms with Crippen LogP contribution in [0.2, 0.25) is 0 Å². The molecule has 0 aliphatic heterocycles. The minimum absolute atomic E-state index is 0.307. The standard InChI is InChI=1S/C15H19FO3/c1-11(17)15(16,13(18)19-14(2,3)4)10-12-8-6-5-7-9-12/h5-9H,10H2,1-4H3. The van der Waals surface area contributed by atoms with Gasteiger partial charge >= 0.3 is 5.97 Å². The summed E-state index contributed by atoms with van der Waals surface area (Å²) in [5.41, 5.74) is -2.89. The molecule has 4 heteroatoms. The maximum atomic E-state index is 14.7. The Kier molecular flexibility index (Phi) is 4.45. The molecule has 0 aromatic heterocycles. The number of esters is 1. The van der Waals surface area contributed by atoms with E-state index in [0.717, 1.165) is 6.92 Å². The van der Waals surface area contributed by atoms with E-state index in [4.69, 9.17) is 4.74 Å². The van der Waals surface area contributed by atoms with Crippen molar-refractivity contribution in [3.8, 4) is 0 Å². The number of ether oxygens (including phenoxy) is 1. The van der Waals surface area contributed by atoms with Crippen molar-refractivity contribution in [2.75, 3.05) is 0 Å². The molecule has 0 aliphatic carbocycles. The van der Waals surface area contributed by atoms with E-state index in [1.165, 1.54) is 0 Å². The van der Waals surface area contributed by atoms with Gasteiger partial charge in [-0.2, -0.15) is 0 Å². The van der Waals surface area contributed by atoms with Crippen molar-refractivity contribution >= 4 is 11.8 Å². The minimum Gasteiger partial charge on any atom is -0.457 e. The Balaban J connectivity index is 2.98. The fourth-order valence-corrected chi connectivity index (χ4v) is 1.58. The summed E-state index contributed by atoms with van der Waals surface area (Å²) in [4.78, 5) is 23.4. The van der Waals surface area contributed by atoms with E-state index in [2.05, 4.69) is 0 Å². The first-order valence-corrected chi connectivity index (χ1v) is 6.12.